The molecule has 0 saturated carbocycles. The predicted octanol–water partition coefficient (Wildman–Crippen LogP) is 6.64. The first-order valence-electron chi connectivity index (χ1n) is 14.5. The number of hydrogen-bond acceptors (Lipinski definition) is 4. The molecule has 41 heavy (non-hydrogen) atoms. The minimum absolute atomic E-state index is 0.0226. The quantitative estimate of drug-likeness (QED) is 0.128. The molecule has 1 aliphatic heterocycles. The predicted molar refractivity (Wildman–Crippen MR) is 160 cm³/mol. The smallest absolute Gasteiger partial charge is 0.270 e. The molecule has 0 bridgehead atoms. The standard InChI is InChI=1S/C33H37FN4O3/c1-24-9-5-6-17-36(24)18-8-16-35-33(39)21-29(26-12-7-13-27(34)19-26)31-23-37(22-25-10-3-2-4-11-25)32-15-14-28(38(40)41)20-30(31)32/h2-4,7,10-15,19-20,23-24,29H,5-6,8-9,16-18,21-22H2,1H3,(H,35,39)/t24-,29+/m1/s1. The molecule has 1 N–H and O–H groups in total. The van der Waals surface area contributed by atoms with Crippen molar-refractivity contribution >= 4 is 22.5 Å². The number of nitro benzene ring substituents is 1. The maximum atomic E-state index is 14.4. The number of fused-ring (bicyclic) bond motifs is 1. The lowest BCUT2D eigenvalue weighted by Gasteiger charge is -2.33. The van der Waals surface area contributed by atoms with Crippen molar-refractivity contribution < 1.29 is 14.1 Å². The summed E-state index contributed by atoms with van der Waals surface area (Å²) in [6, 6.07) is 21.6. The number of benzene rings is 3. The molecule has 0 aliphatic carbocycles. The summed E-state index contributed by atoms with van der Waals surface area (Å²) in [7, 11) is 0. The Morgan fingerprint density at radius 3 is 2.68 bits per heavy atom. The van der Waals surface area contributed by atoms with Gasteiger partial charge in [-0.15, -0.1) is 0 Å². The van der Waals surface area contributed by atoms with E-state index in [0.717, 1.165) is 36.2 Å². The van der Waals surface area contributed by atoms with Gasteiger partial charge in [-0.1, -0.05) is 48.9 Å². The lowest BCUT2D eigenvalue weighted by molar-refractivity contribution is -0.384. The Morgan fingerprint density at radius 2 is 1.93 bits per heavy atom. The third-order valence-corrected chi connectivity index (χ3v) is 8.20. The zero-order chi connectivity index (χ0) is 28.8. The number of carbonyl (C=O) groups is 1. The van der Waals surface area contributed by atoms with Crippen molar-refractivity contribution in [2.75, 3.05) is 19.6 Å². The van der Waals surface area contributed by atoms with E-state index < -0.39 is 10.8 Å². The fourth-order valence-corrected chi connectivity index (χ4v) is 6.00. The minimum atomic E-state index is -0.477. The van der Waals surface area contributed by atoms with Gasteiger partial charge in [0, 0.05) is 67.2 Å². The van der Waals surface area contributed by atoms with Gasteiger partial charge in [-0.3, -0.25) is 14.9 Å². The van der Waals surface area contributed by atoms with Crippen molar-refractivity contribution in [2.24, 2.45) is 0 Å². The molecule has 7 nitrogen and oxygen atoms in total. The Labute approximate surface area is 240 Å². The van der Waals surface area contributed by atoms with Gasteiger partial charge in [0.2, 0.25) is 5.91 Å². The summed E-state index contributed by atoms with van der Waals surface area (Å²) in [6.07, 6.45) is 6.66. The summed E-state index contributed by atoms with van der Waals surface area (Å²) in [4.78, 5) is 27.0. The third-order valence-electron chi connectivity index (χ3n) is 8.20. The molecule has 4 aromatic rings. The van der Waals surface area contributed by atoms with Crippen LogP contribution in [0.25, 0.3) is 10.9 Å². The number of carbonyl (C=O) groups excluding carboxylic acids is 1. The Bertz CT molecular complexity index is 1500. The molecule has 1 saturated heterocycles. The number of likely N-dealkylation sites (tertiary alicyclic amines) is 1. The van der Waals surface area contributed by atoms with Crippen LogP contribution in [0.5, 0.6) is 0 Å². The Balaban J connectivity index is 1.43. The van der Waals surface area contributed by atoms with Crippen molar-refractivity contribution in [3.63, 3.8) is 0 Å². The van der Waals surface area contributed by atoms with Crippen LogP contribution < -0.4 is 5.32 Å². The molecular formula is C33H37FN4O3. The molecule has 0 unspecified atom stereocenters. The van der Waals surface area contributed by atoms with Crippen LogP contribution in [0.4, 0.5) is 10.1 Å². The number of hydrogen-bond donors (Lipinski definition) is 1. The van der Waals surface area contributed by atoms with Gasteiger partial charge in [0.25, 0.3) is 5.69 Å². The number of halogens is 1. The van der Waals surface area contributed by atoms with Crippen molar-refractivity contribution in [2.45, 2.75) is 57.5 Å². The summed E-state index contributed by atoms with van der Waals surface area (Å²) < 4.78 is 16.5. The molecule has 2 heterocycles. The van der Waals surface area contributed by atoms with E-state index in [9.17, 15) is 19.3 Å². The molecule has 3 aromatic carbocycles. The summed E-state index contributed by atoms with van der Waals surface area (Å²) in [5.74, 6) is -0.989. The van der Waals surface area contributed by atoms with Gasteiger partial charge >= 0.3 is 0 Å². The number of nitrogens with one attached hydrogen (secondary N) is 1. The van der Waals surface area contributed by atoms with E-state index in [1.165, 1.54) is 37.5 Å². The highest BCUT2D eigenvalue weighted by molar-refractivity contribution is 5.88. The lowest BCUT2D eigenvalue weighted by atomic mass is 9.88. The molecule has 5 rings (SSSR count). The van der Waals surface area contributed by atoms with E-state index in [4.69, 9.17) is 0 Å². The second-order valence-corrected chi connectivity index (χ2v) is 11.1. The Morgan fingerprint density at radius 1 is 1.10 bits per heavy atom. The van der Waals surface area contributed by atoms with Gasteiger partial charge in [0.15, 0.2) is 0 Å². The molecule has 214 valence electrons. The Hall–Kier alpha value is -4.04. The van der Waals surface area contributed by atoms with Crippen LogP contribution in [-0.4, -0.2) is 46.0 Å². The molecule has 1 aliphatic rings. The average Bonchev–Trinajstić information content (AvgIpc) is 3.32. The van der Waals surface area contributed by atoms with E-state index in [1.807, 2.05) is 47.2 Å². The maximum absolute atomic E-state index is 14.4. The van der Waals surface area contributed by atoms with Crippen molar-refractivity contribution in [1.82, 2.24) is 14.8 Å². The normalized spacial score (nSPS) is 16.5. The van der Waals surface area contributed by atoms with Gasteiger partial charge in [0.05, 0.1) is 4.92 Å². The van der Waals surface area contributed by atoms with Gasteiger partial charge in [-0.2, -0.15) is 0 Å². The number of aromatic nitrogens is 1. The van der Waals surface area contributed by atoms with Crippen molar-refractivity contribution in [1.29, 1.82) is 0 Å². The minimum Gasteiger partial charge on any atom is -0.356 e. The highest BCUT2D eigenvalue weighted by atomic mass is 19.1. The zero-order valence-electron chi connectivity index (χ0n) is 23.5. The highest BCUT2D eigenvalue weighted by Gasteiger charge is 2.25. The van der Waals surface area contributed by atoms with Gasteiger partial charge in [-0.05, 0) is 67.6 Å². The van der Waals surface area contributed by atoms with Crippen LogP contribution in [-0.2, 0) is 11.3 Å². The Kier molecular flexibility index (Phi) is 9.09. The fraction of sp³-hybridized carbons (Fsp3) is 0.364. The largest absolute Gasteiger partial charge is 0.356 e. The highest BCUT2D eigenvalue weighted by Crippen LogP contribution is 2.37. The second-order valence-electron chi connectivity index (χ2n) is 11.1. The lowest BCUT2D eigenvalue weighted by Crippen LogP contribution is -2.39. The number of nitrogens with zero attached hydrogens (tertiary/aromatic N) is 3. The molecule has 1 amide bonds. The van der Waals surface area contributed by atoms with Gasteiger partial charge in [0.1, 0.15) is 5.82 Å². The molecule has 2 atom stereocenters. The average molecular weight is 557 g/mol. The number of piperidine rings is 1. The van der Waals surface area contributed by atoms with Gasteiger partial charge in [-0.25, -0.2) is 4.39 Å². The fourth-order valence-electron chi connectivity index (χ4n) is 6.00. The summed E-state index contributed by atoms with van der Waals surface area (Å²) >= 11 is 0. The molecule has 1 fully saturated rings. The summed E-state index contributed by atoms with van der Waals surface area (Å²) in [6.45, 7) is 5.45. The van der Waals surface area contributed by atoms with Crippen LogP contribution in [0.3, 0.4) is 0 Å². The molecule has 1 aromatic heterocycles. The van der Waals surface area contributed by atoms with E-state index in [-0.39, 0.29) is 23.8 Å². The summed E-state index contributed by atoms with van der Waals surface area (Å²) in [5, 5.41) is 15.4. The monoisotopic (exact) mass is 556 g/mol. The van der Waals surface area contributed by atoms with Crippen LogP contribution >= 0.6 is 0 Å². The zero-order valence-corrected chi connectivity index (χ0v) is 23.5. The number of nitro groups is 1. The first-order valence-corrected chi connectivity index (χ1v) is 14.5. The molecule has 8 heteroatoms. The topological polar surface area (TPSA) is 80.4 Å². The van der Waals surface area contributed by atoms with Crippen LogP contribution in [0.2, 0.25) is 0 Å². The van der Waals surface area contributed by atoms with Crippen LogP contribution in [0.1, 0.15) is 61.6 Å². The SMILES string of the molecule is C[C@@H]1CCCCN1CCCNC(=O)C[C@@H](c1cccc(F)c1)c1cn(Cc2ccccc2)c2ccc([N+](=O)[O-])cc12. The van der Waals surface area contributed by atoms with E-state index in [2.05, 4.69) is 17.1 Å². The molecular weight excluding hydrogens is 519 g/mol. The van der Waals surface area contributed by atoms with E-state index >= 15 is 0 Å². The van der Waals surface area contributed by atoms with E-state index in [1.54, 1.807) is 18.2 Å². The van der Waals surface area contributed by atoms with E-state index in [0.29, 0.717) is 30.1 Å². The first-order chi connectivity index (χ1) is 19.9. The number of amides is 1. The molecule has 0 radical (unpaired) electrons. The van der Waals surface area contributed by atoms with Gasteiger partial charge < -0.3 is 14.8 Å². The van der Waals surface area contributed by atoms with Crippen molar-refractivity contribution in [3.8, 4) is 0 Å². The van der Waals surface area contributed by atoms with Crippen LogP contribution in [0.15, 0.2) is 79.0 Å². The summed E-state index contributed by atoms with van der Waals surface area (Å²) in [5.41, 5.74) is 3.31. The van der Waals surface area contributed by atoms with Crippen molar-refractivity contribution in [3.05, 3.63) is 112 Å². The van der Waals surface area contributed by atoms with Crippen LogP contribution in [0, 0.1) is 15.9 Å². The number of rotatable bonds is 11. The third kappa shape index (κ3) is 7.00. The second kappa shape index (κ2) is 13.1. The number of non-ortho nitro benzene ring substituents is 1. The maximum Gasteiger partial charge on any atom is 0.270 e. The first kappa shape index (κ1) is 28.5. The molecule has 0 spiro atoms.